The first kappa shape index (κ1) is 15.2. The van der Waals surface area contributed by atoms with Gasteiger partial charge >= 0.3 is 11.8 Å². The largest absolute Gasteiger partial charge is 0.361 e. The van der Waals surface area contributed by atoms with Crippen molar-refractivity contribution in [2.75, 3.05) is 6.54 Å². The normalized spacial score (nSPS) is 11.2. The van der Waals surface area contributed by atoms with Crippen molar-refractivity contribution < 1.29 is 9.59 Å². The van der Waals surface area contributed by atoms with Crippen LogP contribution in [-0.2, 0) is 21.4 Å². The summed E-state index contributed by atoms with van der Waals surface area (Å²) < 4.78 is 0. The molecular weight excluding hydrogens is 240 g/mol. The highest BCUT2D eigenvalue weighted by Crippen LogP contribution is 2.24. The predicted octanol–water partition coefficient (Wildman–Crippen LogP) is 1.44. The van der Waals surface area contributed by atoms with E-state index in [0.717, 1.165) is 0 Å². The van der Waals surface area contributed by atoms with Crippen molar-refractivity contribution in [2.24, 2.45) is 5.73 Å². The third-order valence-corrected chi connectivity index (χ3v) is 3.12. The maximum Gasteiger partial charge on any atom is 0.309 e. The molecule has 0 atom stereocenters. The number of carbonyl (C=O) groups is 2. The first-order chi connectivity index (χ1) is 8.71. The van der Waals surface area contributed by atoms with E-state index in [-0.39, 0.29) is 5.41 Å². The Morgan fingerprint density at radius 3 is 2.42 bits per heavy atom. The Morgan fingerprint density at radius 2 is 1.89 bits per heavy atom. The standard InChI is InChI=1S/C15H22N2O2/c1-10-5-6-12(15(2,3)4)9-11(10)7-8-17-14(19)13(16)18/h5-6,9H,7-8H2,1-4H3,(H2,16,18)(H,17,19). The molecule has 0 aliphatic carbocycles. The van der Waals surface area contributed by atoms with Crippen LogP contribution in [0, 0.1) is 6.92 Å². The summed E-state index contributed by atoms with van der Waals surface area (Å²) >= 11 is 0. The van der Waals surface area contributed by atoms with E-state index >= 15 is 0 Å². The van der Waals surface area contributed by atoms with Gasteiger partial charge in [-0.25, -0.2) is 0 Å². The van der Waals surface area contributed by atoms with E-state index in [1.54, 1.807) is 0 Å². The third kappa shape index (κ3) is 4.39. The Hall–Kier alpha value is -1.84. The molecule has 19 heavy (non-hydrogen) atoms. The zero-order valence-electron chi connectivity index (χ0n) is 12.0. The van der Waals surface area contributed by atoms with Crippen LogP contribution in [0.1, 0.15) is 37.5 Å². The van der Waals surface area contributed by atoms with E-state index in [0.29, 0.717) is 13.0 Å². The van der Waals surface area contributed by atoms with Gasteiger partial charge in [-0.2, -0.15) is 0 Å². The summed E-state index contributed by atoms with van der Waals surface area (Å²) in [5.41, 5.74) is 8.59. The molecule has 0 heterocycles. The van der Waals surface area contributed by atoms with Crippen molar-refractivity contribution in [1.29, 1.82) is 0 Å². The summed E-state index contributed by atoms with van der Waals surface area (Å²) in [6.45, 7) is 8.94. The Bertz CT molecular complexity index is 487. The second-order valence-electron chi connectivity index (χ2n) is 5.76. The molecule has 0 saturated heterocycles. The Balaban J connectivity index is 2.73. The van der Waals surface area contributed by atoms with Crippen molar-refractivity contribution in [2.45, 2.75) is 39.5 Å². The van der Waals surface area contributed by atoms with Crippen LogP contribution in [0.15, 0.2) is 18.2 Å². The van der Waals surface area contributed by atoms with Crippen LogP contribution in [0.4, 0.5) is 0 Å². The number of hydrogen-bond acceptors (Lipinski definition) is 2. The molecule has 0 aliphatic rings. The monoisotopic (exact) mass is 262 g/mol. The molecule has 1 rings (SSSR count). The molecule has 1 aromatic rings. The Morgan fingerprint density at radius 1 is 1.26 bits per heavy atom. The number of benzene rings is 1. The second-order valence-corrected chi connectivity index (χ2v) is 5.76. The van der Waals surface area contributed by atoms with Gasteiger partial charge < -0.3 is 11.1 Å². The minimum Gasteiger partial charge on any atom is -0.361 e. The molecule has 0 aromatic heterocycles. The lowest BCUT2D eigenvalue weighted by atomic mass is 9.85. The van der Waals surface area contributed by atoms with E-state index in [1.165, 1.54) is 16.7 Å². The molecule has 4 heteroatoms. The lowest BCUT2D eigenvalue weighted by Crippen LogP contribution is -2.37. The number of hydrogen-bond donors (Lipinski definition) is 2. The zero-order valence-corrected chi connectivity index (χ0v) is 12.0. The fourth-order valence-corrected chi connectivity index (χ4v) is 1.81. The van der Waals surface area contributed by atoms with Crippen LogP contribution in [-0.4, -0.2) is 18.4 Å². The minimum absolute atomic E-state index is 0.0962. The van der Waals surface area contributed by atoms with Crippen molar-refractivity contribution in [3.63, 3.8) is 0 Å². The molecule has 0 aliphatic heterocycles. The van der Waals surface area contributed by atoms with Crippen LogP contribution in [0.5, 0.6) is 0 Å². The van der Waals surface area contributed by atoms with Crippen molar-refractivity contribution in [3.8, 4) is 0 Å². The van der Waals surface area contributed by atoms with Gasteiger partial charge in [-0.3, -0.25) is 9.59 Å². The molecule has 104 valence electrons. The fourth-order valence-electron chi connectivity index (χ4n) is 1.81. The first-order valence-corrected chi connectivity index (χ1v) is 6.39. The topological polar surface area (TPSA) is 72.2 Å². The van der Waals surface area contributed by atoms with E-state index < -0.39 is 11.8 Å². The summed E-state index contributed by atoms with van der Waals surface area (Å²) in [7, 11) is 0. The minimum atomic E-state index is -0.944. The van der Waals surface area contributed by atoms with Gasteiger partial charge in [0.05, 0.1) is 0 Å². The molecule has 0 bridgehead atoms. The van der Waals surface area contributed by atoms with Crippen LogP contribution >= 0.6 is 0 Å². The Labute approximate surface area is 114 Å². The number of primary amides is 1. The lowest BCUT2D eigenvalue weighted by Gasteiger charge is -2.21. The van der Waals surface area contributed by atoms with Crippen LogP contribution in [0.2, 0.25) is 0 Å². The van der Waals surface area contributed by atoms with Crippen LogP contribution < -0.4 is 11.1 Å². The summed E-state index contributed by atoms with van der Waals surface area (Å²) in [5, 5.41) is 2.50. The summed E-state index contributed by atoms with van der Waals surface area (Å²) in [6.07, 6.45) is 0.689. The maximum absolute atomic E-state index is 11.1. The number of carbonyl (C=O) groups excluding carboxylic acids is 2. The molecular formula is C15H22N2O2. The predicted molar refractivity (Wildman–Crippen MR) is 75.8 cm³/mol. The van der Waals surface area contributed by atoms with Crippen molar-refractivity contribution in [3.05, 3.63) is 34.9 Å². The molecule has 3 N–H and O–H groups in total. The molecule has 0 unspecified atom stereocenters. The average molecular weight is 262 g/mol. The van der Waals surface area contributed by atoms with Crippen LogP contribution in [0.3, 0.4) is 0 Å². The van der Waals surface area contributed by atoms with Gasteiger partial charge in [0.1, 0.15) is 0 Å². The second kappa shape index (κ2) is 5.87. The smallest absolute Gasteiger partial charge is 0.309 e. The summed E-state index contributed by atoms with van der Waals surface area (Å²) in [6, 6.07) is 6.37. The van der Waals surface area contributed by atoms with E-state index in [2.05, 4.69) is 44.3 Å². The highest BCUT2D eigenvalue weighted by atomic mass is 16.2. The van der Waals surface area contributed by atoms with Crippen LogP contribution in [0.25, 0.3) is 0 Å². The quantitative estimate of drug-likeness (QED) is 0.809. The maximum atomic E-state index is 11.1. The van der Waals surface area contributed by atoms with Gasteiger partial charge in [-0.15, -0.1) is 0 Å². The molecule has 0 radical (unpaired) electrons. The number of aryl methyl sites for hydroxylation is 1. The molecule has 0 spiro atoms. The summed E-state index contributed by atoms with van der Waals surface area (Å²) in [4.78, 5) is 21.7. The van der Waals surface area contributed by atoms with E-state index in [1.807, 2.05) is 6.92 Å². The van der Waals surface area contributed by atoms with Gasteiger partial charge in [0.15, 0.2) is 0 Å². The molecule has 1 aromatic carbocycles. The fraction of sp³-hybridized carbons (Fsp3) is 0.467. The SMILES string of the molecule is Cc1ccc(C(C)(C)C)cc1CCNC(=O)C(N)=O. The number of rotatable bonds is 3. The third-order valence-electron chi connectivity index (χ3n) is 3.12. The highest BCUT2D eigenvalue weighted by molar-refractivity contribution is 6.34. The number of nitrogens with one attached hydrogen (secondary N) is 1. The van der Waals surface area contributed by atoms with Gasteiger partial charge in [-0.1, -0.05) is 39.0 Å². The van der Waals surface area contributed by atoms with Gasteiger partial charge in [-0.05, 0) is 35.4 Å². The molecule has 0 saturated carbocycles. The number of nitrogens with two attached hydrogens (primary N) is 1. The van der Waals surface area contributed by atoms with Gasteiger partial charge in [0.2, 0.25) is 0 Å². The van der Waals surface area contributed by atoms with E-state index in [9.17, 15) is 9.59 Å². The van der Waals surface area contributed by atoms with Gasteiger partial charge in [0.25, 0.3) is 0 Å². The molecule has 4 nitrogen and oxygen atoms in total. The molecule has 2 amide bonds. The number of amides is 2. The zero-order chi connectivity index (χ0) is 14.6. The first-order valence-electron chi connectivity index (χ1n) is 6.39. The Kier molecular flexibility index (Phi) is 4.70. The lowest BCUT2D eigenvalue weighted by molar-refractivity contribution is -0.137. The van der Waals surface area contributed by atoms with E-state index in [4.69, 9.17) is 5.73 Å². The van der Waals surface area contributed by atoms with Crippen molar-refractivity contribution in [1.82, 2.24) is 5.32 Å². The molecule has 0 fully saturated rings. The average Bonchev–Trinajstić information content (AvgIpc) is 2.29. The summed E-state index contributed by atoms with van der Waals surface area (Å²) in [5.74, 6) is -1.68. The highest BCUT2D eigenvalue weighted by Gasteiger charge is 2.15. The van der Waals surface area contributed by atoms with Gasteiger partial charge in [0, 0.05) is 6.54 Å². The van der Waals surface area contributed by atoms with Crippen molar-refractivity contribution >= 4 is 11.8 Å².